The number of halogens is 2. The average Bonchev–Trinajstić information content (AvgIpc) is 2.68. The van der Waals surface area contributed by atoms with Crippen molar-refractivity contribution < 1.29 is 13.9 Å². The lowest BCUT2D eigenvalue weighted by atomic mass is 10.1. The molecule has 0 saturated carbocycles. The number of hydrogen-bond acceptors (Lipinski definition) is 6. The Labute approximate surface area is 170 Å². The summed E-state index contributed by atoms with van der Waals surface area (Å²) in [6.45, 7) is 3.47. The van der Waals surface area contributed by atoms with Crippen molar-refractivity contribution in [2.75, 3.05) is 19.0 Å². The molecule has 2 N–H and O–H groups in total. The number of pyridine rings is 1. The van der Waals surface area contributed by atoms with Gasteiger partial charge in [0.15, 0.2) is 18.2 Å². The van der Waals surface area contributed by atoms with Gasteiger partial charge in [-0.05, 0) is 38.1 Å². The maximum Gasteiger partial charge on any atom is 0.310 e. The van der Waals surface area contributed by atoms with Crippen LogP contribution in [0.4, 0.5) is 15.9 Å². The first-order valence-corrected chi connectivity index (χ1v) is 9.15. The summed E-state index contributed by atoms with van der Waals surface area (Å²) in [7, 11) is 1.48. The van der Waals surface area contributed by atoms with Gasteiger partial charge in [0.2, 0.25) is 0 Å². The summed E-state index contributed by atoms with van der Waals surface area (Å²) in [5, 5.41) is 6.21. The van der Waals surface area contributed by atoms with Gasteiger partial charge in [-0.1, -0.05) is 11.6 Å². The highest BCUT2D eigenvalue weighted by Gasteiger charge is 2.15. The molecular weight excluding hydrogens is 401 g/mol. The molecule has 0 unspecified atom stereocenters. The van der Waals surface area contributed by atoms with Crippen molar-refractivity contribution in [2.24, 2.45) is 0 Å². The molecule has 8 nitrogen and oxygen atoms in total. The molecule has 0 saturated heterocycles. The highest BCUT2D eigenvalue weighted by atomic mass is 35.5. The standard InChI is InChI=1S/C19H19ClFN5O3/c1-10(2)26-14-5-4-12(24-17-13(20)8-23-19(21)25-17)6-11(14)7-15(18(26)28)29-9-16(27)22-3/h4-8,10H,9H2,1-3H3,(H,22,27)(H,23,24,25). The van der Waals surface area contributed by atoms with E-state index in [4.69, 9.17) is 16.3 Å². The number of anilines is 2. The molecule has 2 aromatic heterocycles. The van der Waals surface area contributed by atoms with Crippen LogP contribution in [0, 0.1) is 6.08 Å². The van der Waals surface area contributed by atoms with Gasteiger partial charge < -0.3 is 19.9 Å². The molecule has 3 rings (SSSR count). The van der Waals surface area contributed by atoms with Crippen LogP contribution < -0.4 is 20.9 Å². The van der Waals surface area contributed by atoms with Gasteiger partial charge in [0.05, 0.1) is 11.7 Å². The minimum Gasteiger partial charge on any atom is -0.478 e. The maximum atomic E-state index is 13.3. The molecule has 2 heterocycles. The van der Waals surface area contributed by atoms with E-state index in [1.165, 1.54) is 7.05 Å². The van der Waals surface area contributed by atoms with E-state index in [9.17, 15) is 14.0 Å². The van der Waals surface area contributed by atoms with Crippen LogP contribution in [0.1, 0.15) is 19.9 Å². The number of fused-ring (bicyclic) bond motifs is 1. The number of nitrogens with zero attached hydrogens (tertiary/aromatic N) is 3. The summed E-state index contributed by atoms with van der Waals surface area (Å²) in [5.74, 6) is -0.179. The van der Waals surface area contributed by atoms with Crippen molar-refractivity contribution in [3.8, 4) is 5.75 Å². The molecule has 0 aliphatic rings. The van der Waals surface area contributed by atoms with E-state index in [2.05, 4.69) is 20.6 Å². The van der Waals surface area contributed by atoms with Crippen LogP contribution in [0.5, 0.6) is 5.75 Å². The molecule has 1 amide bonds. The molecule has 0 fully saturated rings. The van der Waals surface area contributed by atoms with Gasteiger partial charge in [-0.15, -0.1) is 0 Å². The summed E-state index contributed by atoms with van der Waals surface area (Å²) in [6, 6.07) is 6.65. The number of benzene rings is 1. The molecule has 10 heteroatoms. The largest absolute Gasteiger partial charge is 0.478 e. The van der Waals surface area contributed by atoms with E-state index >= 15 is 0 Å². The second kappa shape index (κ2) is 8.44. The normalized spacial score (nSPS) is 11.0. The van der Waals surface area contributed by atoms with Crippen molar-refractivity contribution in [3.63, 3.8) is 0 Å². The number of carbonyl (C=O) groups excluding carboxylic acids is 1. The first kappa shape index (κ1) is 20.5. The van der Waals surface area contributed by atoms with Crippen LogP contribution >= 0.6 is 11.6 Å². The number of hydrogen-bond donors (Lipinski definition) is 2. The van der Waals surface area contributed by atoms with Crippen molar-refractivity contribution >= 4 is 39.9 Å². The average molecular weight is 420 g/mol. The number of amides is 1. The predicted molar refractivity (Wildman–Crippen MR) is 108 cm³/mol. The number of ether oxygens (including phenoxy) is 1. The molecule has 0 bridgehead atoms. The fraction of sp³-hybridized carbons (Fsp3) is 0.263. The lowest BCUT2D eigenvalue weighted by molar-refractivity contribution is -0.122. The molecule has 3 aromatic rings. The number of rotatable bonds is 6. The Kier molecular flexibility index (Phi) is 5.97. The van der Waals surface area contributed by atoms with E-state index in [-0.39, 0.29) is 40.7 Å². The van der Waals surface area contributed by atoms with E-state index in [0.29, 0.717) is 16.6 Å². The monoisotopic (exact) mass is 419 g/mol. The minimum atomic E-state index is -0.906. The minimum absolute atomic E-state index is 0.0538. The Morgan fingerprint density at radius 1 is 1.34 bits per heavy atom. The van der Waals surface area contributed by atoms with Crippen molar-refractivity contribution in [2.45, 2.75) is 19.9 Å². The Balaban J connectivity index is 2.06. The number of nitrogens with one attached hydrogen (secondary N) is 2. The van der Waals surface area contributed by atoms with Crippen LogP contribution in [0.2, 0.25) is 5.02 Å². The lowest BCUT2D eigenvalue weighted by Crippen LogP contribution is -2.29. The second-order valence-electron chi connectivity index (χ2n) is 6.47. The zero-order valence-electron chi connectivity index (χ0n) is 16.0. The van der Waals surface area contributed by atoms with E-state index < -0.39 is 6.08 Å². The van der Waals surface area contributed by atoms with Gasteiger partial charge in [-0.2, -0.15) is 9.37 Å². The molecule has 152 valence electrons. The fourth-order valence-electron chi connectivity index (χ4n) is 2.80. The Hall–Kier alpha value is -3.20. The van der Waals surface area contributed by atoms with Crippen LogP contribution in [-0.2, 0) is 4.79 Å². The summed E-state index contributed by atoms with van der Waals surface area (Å²) in [4.78, 5) is 31.3. The number of likely N-dealkylation sites (N-methyl/N-ethyl adjacent to an activating group) is 1. The Morgan fingerprint density at radius 2 is 2.10 bits per heavy atom. The van der Waals surface area contributed by atoms with E-state index in [1.54, 1.807) is 28.8 Å². The van der Waals surface area contributed by atoms with Gasteiger partial charge in [-0.3, -0.25) is 9.59 Å². The third-order valence-electron chi connectivity index (χ3n) is 4.13. The predicted octanol–water partition coefficient (Wildman–Crippen LogP) is 3.03. The van der Waals surface area contributed by atoms with Crippen LogP contribution in [0.3, 0.4) is 0 Å². The van der Waals surface area contributed by atoms with Gasteiger partial charge in [0, 0.05) is 24.2 Å². The molecule has 0 spiro atoms. The van der Waals surface area contributed by atoms with E-state index in [1.807, 2.05) is 13.8 Å². The zero-order chi connectivity index (χ0) is 21.1. The molecule has 0 atom stereocenters. The quantitative estimate of drug-likeness (QED) is 0.596. The molecule has 0 radical (unpaired) electrons. The lowest BCUT2D eigenvalue weighted by Gasteiger charge is -2.17. The van der Waals surface area contributed by atoms with Crippen molar-refractivity contribution in [1.29, 1.82) is 0 Å². The summed E-state index contributed by atoms with van der Waals surface area (Å²) in [5.41, 5.74) is 0.921. The van der Waals surface area contributed by atoms with Crippen LogP contribution in [0.25, 0.3) is 10.9 Å². The van der Waals surface area contributed by atoms with E-state index in [0.717, 1.165) is 6.20 Å². The van der Waals surface area contributed by atoms with Gasteiger partial charge in [0.1, 0.15) is 5.02 Å². The molecular formula is C19H19ClFN5O3. The van der Waals surface area contributed by atoms with Crippen LogP contribution in [0.15, 0.2) is 35.3 Å². The highest BCUT2D eigenvalue weighted by Crippen LogP contribution is 2.27. The smallest absolute Gasteiger partial charge is 0.310 e. The maximum absolute atomic E-state index is 13.3. The van der Waals surface area contributed by atoms with Crippen molar-refractivity contribution in [3.05, 3.63) is 51.9 Å². The third kappa shape index (κ3) is 4.45. The molecule has 0 aliphatic carbocycles. The molecule has 0 aliphatic heterocycles. The molecule has 29 heavy (non-hydrogen) atoms. The highest BCUT2D eigenvalue weighted by molar-refractivity contribution is 6.32. The first-order valence-electron chi connectivity index (χ1n) is 8.78. The van der Waals surface area contributed by atoms with Gasteiger partial charge >= 0.3 is 6.08 Å². The number of aromatic nitrogens is 3. The summed E-state index contributed by atoms with van der Waals surface area (Å²) < 4.78 is 20.3. The Morgan fingerprint density at radius 3 is 2.79 bits per heavy atom. The fourth-order valence-corrected chi connectivity index (χ4v) is 2.94. The topological polar surface area (TPSA) is 98.1 Å². The van der Waals surface area contributed by atoms with Gasteiger partial charge in [-0.25, -0.2) is 4.98 Å². The summed E-state index contributed by atoms with van der Waals surface area (Å²) >= 11 is 6.00. The first-order chi connectivity index (χ1) is 13.8. The zero-order valence-corrected chi connectivity index (χ0v) is 16.7. The van der Waals surface area contributed by atoms with Crippen molar-refractivity contribution in [1.82, 2.24) is 19.9 Å². The summed E-state index contributed by atoms with van der Waals surface area (Å²) in [6.07, 6.45) is 0.255. The number of carbonyl (C=O) groups is 1. The SMILES string of the molecule is CNC(=O)COc1cc2cc(Nc3nc(F)ncc3Cl)ccc2n(C(C)C)c1=O. The molecule has 1 aromatic carbocycles. The Bertz CT molecular complexity index is 1130. The van der Waals surface area contributed by atoms with Gasteiger partial charge in [0.25, 0.3) is 11.5 Å². The second-order valence-corrected chi connectivity index (χ2v) is 6.88. The van der Waals surface area contributed by atoms with Crippen LogP contribution in [-0.4, -0.2) is 34.1 Å². The third-order valence-corrected chi connectivity index (χ3v) is 4.41.